The van der Waals surface area contributed by atoms with Crippen LogP contribution in [0, 0.1) is 16.7 Å². The monoisotopic (exact) mass is 202 g/mol. The van der Waals surface area contributed by atoms with Gasteiger partial charge in [-0.2, -0.15) is 5.26 Å². The van der Waals surface area contributed by atoms with Crippen molar-refractivity contribution in [1.29, 1.82) is 5.26 Å². The Kier molecular flexibility index (Phi) is 2.59. The third kappa shape index (κ3) is 2.10. The van der Waals surface area contributed by atoms with Gasteiger partial charge in [0, 0.05) is 17.8 Å². The third-order valence-electron chi connectivity index (χ3n) is 3.04. The van der Waals surface area contributed by atoms with Gasteiger partial charge in [0.15, 0.2) is 0 Å². The molecule has 0 amide bonds. The van der Waals surface area contributed by atoms with Crippen LogP contribution in [-0.4, -0.2) is 11.6 Å². The Morgan fingerprint density at radius 3 is 3.00 bits per heavy atom. The predicted molar refractivity (Wildman–Crippen MR) is 56.4 cm³/mol. The maximum Gasteiger partial charge on any atom is 0.140 e. The van der Waals surface area contributed by atoms with E-state index in [0.29, 0.717) is 23.3 Å². The van der Waals surface area contributed by atoms with Crippen molar-refractivity contribution in [2.24, 2.45) is 5.41 Å². The van der Waals surface area contributed by atoms with Crippen LogP contribution >= 0.6 is 0 Å². The molecule has 15 heavy (non-hydrogen) atoms. The summed E-state index contributed by atoms with van der Waals surface area (Å²) >= 11 is 0. The molecule has 1 saturated carbocycles. The van der Waals surface area contributed by atoms with Crippen molar-refractivity contribution in [3.63, 3.8) is 0 Å². The Morgan fingerprint density at radius 1 is 1.60 bits per heavy atom. The van der Waals surface area contributed by atoms with Crippen LogP contribution in [0.1, 0.15) is 31.7 Å². The van der Waals surface area contributed by atoms with Gasteiger partial charge in [0.1, 0.15) is 17.4 Å². The summed E-state index contributed by atoms with van der Waals surface area (Å²) in [6.45, 7) is 2.93. The first-order valence-corrected chi connectivity index (χ1v) is 5.20. The molecule has 0 atom stereocenters. The average Bonchev–Trinajstić information content (AvgIpc) is 2.24. The van der Waals surface area contributed by atoms with E-state index in [0.717, 1.165) is 0 Å². The summed E-state index contributed by atoms with van der Waals surface area (Å²) < 4.78 is 5.67. The van der Waals surface area contributed by atoms with Gasteiger partial charge in [0.25, 0.3) is 0 Å². The molecule has 0 unspecified atom stereocenters. The Labute approximate surface area is 89.7 Å². The third-order valence-corrected chi connectivity index (χ3v) is 3.04. The van der Waals surface area contributed by atoms with E-state index in [1.807, 2.05) is 0 Å². The van der Waals surface area contributed by atoms with E-state index in [-0.39, 0.29) is 0 Å². The van der Waals surface area contributed by atoms with Crippen LogP contribution in [0.25, 0.3) is 0 Å². The molecule has 0 bridgehead atoms. The molecule has 0 aromatic carbocycles. The summed E-state index contributed by atoms with van der Waals surface area (Å²) in [7, 11) is 0. The zero-order valence-corrected chi connectivity index (χ0v) is 8.86. The standard InChI is InChI=1S/C12H14N2O/c1-12(4-2-5-12)9-15-11-3-6-14-8-10(11)7-13/h3,6,8H,2,4-5,9H2,1H3. The van der Waals surface area contributed by atoms with E-state index in [2.05, 4.69) is 18.0 Å². The van der Waals surface area contributed by atoms with Crippen molar-refractivity contribution in [2.75, 3.05) is 6.61 Å². The minimum atomic E-state index is 0.315. The van der Waals surface area contributed by atoms with E-state index in [9.17, 15) is 0 Å². The molecule has 2 rings (SSSR count). The second-order valence-corrected chi connectivity index (χ2v) is 4.44. The topological polar surface area (TPSA) is 45.9 Å². The number of rotatable bonds is 3. The van der Waals surface area contributed by atoms with Gasteiger partial charge in [-0.15, -0.1) is 0 Å². The predicted octanol–water partition coefficient (Wildman–Crippen LogP) is 2.52. The fraction of sp³-hybridized carbons (Fsp3) is 0.500. The Bertz CT molecular complexity index is 391. The first-order chi connectivity index (χ1) is 7.23. The Balaban J connectivity index is 2.02. The maximum atomic E-state index is 8.85. The molecule has 0 N–H and O–H groups in total. The van der Waals surface area contributed by atoms with Gasteiger partial charge in [-0.3, -0.25) is 4.98 Å². The molecular formula is C12H14N2O. The Morgan fingerprint density at radius 2 is 2.40 bits per heavy atom. The summed E-state index contributed by atoms with van der Waals surface area (Å²) in [6, 6.07) is 3.83. The summed E-state index contributed by atoms with van der Waals surface area (Å²) in [5, 5.41) is 8.85. The highest BCUT2D eigenvalue weighted by atomic mass is 16.5. The number of hydrogen-bond acceptors (Lipinski definition) is 3. The number of pyridine rings is 1. The van der Waals surface area contributed by atoms with Gasteiger partial charge in [-0.1, -0.05) is 13.3 Å². The SMILES string of the molecule is CC1(COc2ccncc2C#N)CCC1. The lowest BCUT2D eigenvalue weighted by Crippen LogP contribution is -2.32. The smallest absolute Gasteiger partial charge is 0.140 e. The van der Waals surface area contributed by atoms with E-state index in [1.54, 1.807) is 18.5 Å². The van der Waals surface area contributed by atoms with E-state index < -0.39 is 0 Å². The molecular weight excluding hydrogens is 188 g/mol. The van der Waals surface area contributed by atoms with Crippen molar-refractivity contribution in [1.82, 2.24) is 4.98 Å². The van der Waals surface area contributed by atoms with Crippen LogP contribution in [-0.2, 0) is 0 Å². The zero-order chi connectivity index (χ0) is 10.7. The van der Waals surface area contributed by atoms with Crippen molar-refractivity contribution >= 4 is 0 Å². The van der Waals surface area contributed by atoms with Crippen LogP contribution in [0.3, 0.4) is 0 Å². The number of hydrogen-bond donors (Lipinski definition) is 0. The highest BCUT2D eigenvalue weighted by Crippen LogP contribution is 2.40. The van der Waals surface area contributed by atoms with Crippen LogP contribution in [0.4, 0.5) is 0 Å². The highest BCUT2D eigenvalue weighted by Gasteiger charge is 2.32. The maximum absolute atomic E-state index is 8.85. The summed E-state index contributed by atoms with van der Waals surface area (Å²) in [6.07, 6.45) is 6.93. The van der Waals surface area contributed by atoms with E-state index >= 15 is 0 Å². The second-order valence-electron chi connectivity index (χ2n) is 4.44. The number of aromatic nitrogens is 1. The molecule has 0 aliphatic heterocycles. The van der Waals surface area contributed by atoms with Crippen LogP contribution in [0.5, 0.6) is 5.75 Å². The fourth-order valence-electron chi connectivity index (χ4n) is 1.77. The van der Waals surface area contributed by atoms with Crippen LogP contribution in [0.2, 0.25) is 0 Å². The molecule has 3 nitrogen and oxygen atoms in total. The summed E-state index contributed by atoms with van der Waals surface area (Å²) in [5.41, 5.74) is 0.830. The first-order valence-electron chi connectivity index (χ1n) is 5.20. The minimum absolute atomic E-state index is 0.315. The highest BCUT2D eigenvalue weighted by molar-refractivity contribution is 5.40. The molecule has 1 fully saturated rings. The first kappa shape index (κ1) is 9.97. The van der Waals surface area contributed by atoms with Crippen molar-refractivity contribution in [3.8, 4) is 11.8 Å². The quantitative estimate of drug-likeness (QED) is 0.756. The number of nitrogens with zero attached hydrogens (tertiary/aromatic N) is 2. The Hall–Kier alpha value is -1.56. The molecule has 1 heterocycles. The van der Waals surface area contributed by atoms with Crippen molar-refractivity contribution in [2.45, 2.75) is 26.2 Å². The molecule has 78 valence electrons. The fourth-order valence-corrected chi connectivity index (χ4v) is 1.77. The van der Waals surface area contributed by atoms with E-state index in [4.69, 9.17) is 10.00 Å². The summed E-state index contributed by atoms with van der Waals surface area (Å²) in [4.78, 5) is 3.89. The number of nitriles is 1. The van der Waals surface area contributed by atoms with Gasteiger partial charge in [-0.05, 0) is 18.9 Å². The molecule has 1 aromatic rings. The van der Waals surface area contributed by atoms with Crippen LogP contribution < -0.4 is 4.74 Å². The van der Waals surface area contributed by atoms with Gasteiger partial charge in [0.05, 0.1) is 6.61 Å². The van der Waals surface area contributed by atoms with Crippen LogP contribution in [0.15, 0.2) is 18.5 Å². The second kappa shape index (κ2) is 3.90. The zero-order valence-electron chi connectivity index (χ0n) is 8.86. The lowest BCUT2D eigenvalue weighted by molar-refractivity contribution is 0.0774. The lowest BCUT2D eigenvalue weighted by atomic mass is 9.71. The van der Waals surface area contributed by atoms with E-state index in [1.165, 1.54) is 19.3 Å². The molecule has 0 spiro atoms. The normalized spacial score (nSPS) is 17.6. The van der Waals surface area contributed by atoms with Gasteiger partial charge in [-0.25, -0.2) is 0 Å². The molecule has 0 saturated heterocycles. The molecule has 1 aliphatic carbocycles. The average molecular weight is 202 g/mol. The van der Waals surface area contributed by atoms with Gasteiger partial charge < -0.3 is 4.74 Å². The molecule has 1 aliphatic rings. The van der Waals surface area contributed by atoms with Crippen molar-refractivity contribution in [3.05, 3.63) is 24.0 Å². The lowest BCUT2D eigenvalue weighted by Gasteiger charge is -2.37. The minimum Gasteiger partial charge on any atom is -0.492 e. The molecule has 3 heteroatoms. The number of ether oxygens (including phenoxy) is 1. The largest absolute Gasteiger partial charge is 0.492 e. The van der Waals surface area contributed by atoms with Gasteiger partial charge in [0.2, 0.25) is 0 Å². The summed E-state index contributed by atoms with van der Waals surface area (Å²) in [5.74, 6) is 0.653. The molecule has 0 radical (unpaired) electrons. The molecule has 1 aromatic heterocycles. The van der Waals surface area contributed by atoms with Gasteiger partial charge >= 0.3 is 0 Å². The van der Waals surface area contributed by atoms with Crippen molar-refractivity contribution < 1.29 is 4.74 Å².